The van der Waals surface area contributed by atoms with Gasteiger partial charge in [0.05, 0.1) is 10.8 Å². The predicted octanol–water partition coefficient (Wildman–Crippen LogP) is 2.87. The predicted molar refractivity (Wildman–Crippen MR) is 118 cm³/mol. The van der Waals surface area contributed by atoms with Gasteiger partial charge in [0.2, 0.25) is 15.9 Å². The van der Waals surface area contributed by atoms with E-state index in [2.05, 4.69) is 10.3 Å². The Morgan fingerprint density at radius 1 is 1.16 bits per heavy atom. The highest BCUT2D eigenvalue weighted by Crippen LogP contribution is 2.26. The van der Waals surface area contributed by atoms with Crippen molar-refractivity contribution in [2.75, 3.05) is 13.1 Å². The van der Waals surface area contributed by atoms with Gasteiger partial charge >= 0.3 is 0 Å². The van der Waals surface area contributed by atoms with Crippen molar-refractivity contribution in [1.29, 1.82) is 0 Å². The fourth-order valence-corrected chi connectivity index (χ4v) is 5.51. The second-order valence-corrected chi connectivity index (χ2v) is 9.84. The van der Waals surface area contributed by atoms with E-state index in [-0.39, 0.29) is 17.3 Å². The van der Waals surface area contributed by atoms with E-state index in [0.717, 1.165) is 17.7 Å². The molecule has 9 heteroatoms. The van der Waals surface area contributed by atoms with Gasteiger partial charge in [-0.1, -0.05) is 30.3 Å². The fourth-order valence-electron chi connectivity index (χ4n) is 3.99. The van der Waals surface area contributed by atoms with Crippen molar-refractivity contribution in [3.8, 4) is 0 Å². The number of piperidine rings is 1. The highest BCUT2D eigenvalue weighted by atomic mass is 32.2. The number of hydrogen-bond acceptors (Lipinski definition) is 4. The molecule has 0 spiro atoms. The molecule has 2 atom stereocenters. The first-order valence-electron chi connectivity index (χ1n) is 10.4. The van der Waals surface area contributed by atoms with Gasteiger partial charge < -0.3 is 9.88 Å². The van der Waals surface area contributed by atoms with E-state index >= 15 is 0 Å². The summed E-state index contributed by atoms with van der Waals surface area (Å²) >= 11 is 0. The van der Waals surface area contributed by atoms with Gasteiger partial charge in [0.15, 0.2) is 0 Å². The van der Waals surface area contributed by atoms with E-state index in [1.54, 1.807) is 6.20 Å². The minimum absolute atomic E-state index is 0.0233. The van der Waals surface area contributed by atoms with Crippen LogP contribution in [0.4, 0.5) is 4.39 Å². The molecule has 2 aromatic carbocycles. The molecule has 168 valence electrons. The van der Waals surface area contributed by atoms with Crippen molar-refractivity contribution in [2.45, 2.75) is 23.8 Å². The van der Waals surface area contributed by atoms with Crippen molar-refractivity contribution in [3.63, 3.8) is 0 Å². The zero-order chi connectivity index (χ0) is 22.7. The van der Waals surface area contributed by atoms with Crippen molar-refractivity contribution in [1.82, 2.24) is 19.2 Å². The third-order valence-electron chi connectivity index (χ3n) is 5.74. The first kappa shape index (κ1) is 22.2. The number of carbonyl (C=O) groups is 1. The minimum Gasteiger partial charge on any atom is -0.342 e. The van der Waals surface area contributed by atoms with Gasteiger partial charge in [-0.05, 0) is 42.7 Å². The number of aromatic nitrogens is 2. The number of aryl methyl sites for hydroxylation is 1. The van der Waals surface area contributed by atoms with E-state index in [1.807, 2.05) is 48.1 Å². The molecule has 0 aliphatic carbocycles. The van der Waals surface area contributed by atoms with E-state index in [0.29, 0.717) is 25.2 Å². The summed E-state index contributed by atoms with van der Waals surface area (Å²) in [6.45, 7) is 0.401. The Bertz CT molecular complexity index is 1180. The summed E-state index contributed by atoms with van der Waals surface area (Å²) in [6.07, 6.45) is 4.64. The SMILES string of the molecule is Cn1ccnc1[C@H](NC(=O)[C@H]1CCCN(S(=O)(=O)c2ccc(F)cc2)C1)c1ccccc1. The van der Waals surface area contributed by atoms with Gasteiger partial charge in [-0.2, -0.15) is 4.31 Å². The van der Waals surface area contributed by atoms with E-state index in [1.165, 1.54) is 16.4 Å². The molecule has 0 bridgehead atoms. The Balaban J connectivity index is 1.53. The van der Waals surface area contributed by atoms with E-state index < -0.39 is 27.8 Å². The van der Waals surface area contributed by atoms with Gasteiger partial charge in [-0.15, -0.1) is 0 Å². The Labute approximate surface area is 186 Å². The fraction of sp³-hybridized carbons (Fsp3) is 0.304. The molecule has 0 radical (unpaired) electrons. The lowest BCUT2D eigenvalue weighted by Crippen LogP contribution is -2.46. The van der Waals surface area contributed by atoms with Gasteiger partial charge in [0.25, 0.3) is 0 Å². The molecule has 1 aliphatic rings. The van der Waals surface area contributed by atoms with Gasteiger partial charge in [0, 0.05) is 32.5 Å². The zero-order valence-electron chi connectivity index (χ0n) is 17.7. The second kappa shape index (κ2) is 9.22. The molecule has 7 nitrogen and oxygen atoms in total. The molecule has 1 fully saturated rings. The summed E-state index contributed by atoms with van der Waals surface area (Å²) < 4.78 is 42.4. The molecule has 0 unspecified atom stereocenters. The van der Waals surface area contributed by atoms with Crippen LogP contribution in [0.3, 0.4) is 0 Å². The molecule has 1 aromatic heterocycles. The third kappa shape index (κ3) is 4.58. The molecule has 1 saturated heterocycles. The summed E-state index contributed by atoms with van der Waals surface area (Å²) in [5.41, 5.74) is 0.891. The Kier molecular flexibility index (Phi) is 6.38. The Hall–Kier alpha value is -3.04. The lowest BCUT2D eigenvalue weighted by molar-refractivity contribution is -0.126. The number of nitrogens with zero attached hydrogens (tertiary/aromatic N) is 3. The second-order valence-electron chi connectivity index (χ2n) is 7.90. The standard InChI is InChI=1S/C23H25FN4O3S/c1-27-15-13-25-22(27)21(17-6-3-2-4-7-17)26-23(29)18-8-5-14-28(16-18)32(30,31)20-11-9-19(24)10-12-20/h2-4,6-7,9-13,15,18,21H,5,8,14,16H2,1H3,(H,26,29)/t18-,21+/m0/s1. The molecular weight excluding hydrogens is 431 g/mol. The van der Waals surface area contributed by atoms with Crippen LogP contribution in [0.2, 0.25) is 0 Å². The molecular formula is C23H25FN4O3S. The average molecular weight is 457 g/mol. The van der Waals surface area contributed by atoms with Crippen LogP contribution in [0.15, 0.2) is 71.9 Å². The van der Waals surface area contributed by atoms with Gasteiger partial charge in [-0.25, -0.2) is 17.8 Å². The number of imidazole rings is 1. The molecule has 3 aromatic rings. The number of rotatable bonds is 6. The van der Waals surface area contributed by atoms with Gasteiger partial charge in [0.1, 0.15) is 17.7 Å². The Morgan fingerprint density at radius 2 is 1.88 bits per heavy atom. The zero-order valence-corrected chi connectivity index (χ0v) is 18.5. The molecule has 1 aliphatic heterocycles. The van der Waals surface area contributed by atoms with Crippen molar-refractivity contribution >= 4 is 15.9 Å². The van der Waals surface area contributed by atoms with Crippen LogP contribution in [0.5, 0.6) is 0 Å². The topological polar surface area (TPSA) is 84.3 Å². The number of halogens is 1. The first-order valence-corrected chi connectivity index (χ1v) is 11.9. The maximum atomic E-state index is 13.2. The Morgan fingerprint density at radius 3 is 2.53 bits per heavy atom. The van der Waals surface area contributed by atoms with Gasteiger partial charge in [-0.3, -0.25) is 4.79 Å². The molecule has 0 saturated carbocycles. The highest BCUT2D eigenvalue weighted by molar-refractivity contribution is 7.89. The maximum absolute atomic E-state index is 13.2. The summed E-state index contributed by atoms with van der Waals surface area (Å²) in [5, 5.41) is 3.07. The minimum atomic E-state index is -3.81. The average Bonchev–Trinajstić information content (AvgIpc) is 3.23. The lowest BCUT2D eigenvalue weighted by atomic mass is 9.97. The first-order chi connectivity index (χ1) is 15.4. The summed E-state index contributed by atoms with van der Waals surface area (Å²) in [6, 6.07) is 13.8. The molecule has 1 N–H and O–H groups in total. The van der Waals surface area contributed by atoms with Crippen molar-refractivity contribution < 1.29 is 17.6 Å². The molecule has 4 rings (SSSR count). The number of benzene rings is 2. The van der Waals surface area contributed by atoms with Crippen LogP contribution < -0.4 is 5.32 Å². The normalized spacial score (nSPS) is 18.2. The van der Waals surface area contributed by atoms with Crippen molar-refractivity contribution in [2.24, 2.45) is 13.0 Å². The van der Waals surface area contributed by atoms with Crippen LogP contribution in [-0.4, -0.2) is 41.3 Å². The van der Waals surface area contributed by atoms with Crippen LogP contribution in [0.25, 0.3) is 0 Å². The van der Waals surface area contributed by atoms with Crippen LogP contribution in [0.1, 0.15) is 30.3 Å². The monoisotopic (exact) mass is 456 g/mol. The molecule has 32 heavy (non-hydrogen) atoms. The largest absolute Gasteiger partial charge is 0.342 e. The summed E-state index contributed by atoms with van der Waals surface area (Å²) in [5.74, 6) is -0.524. The molecule has 2 heterocycles. The van der Waals surface area contributed by atoms with Crippen LogP contribution in [0, 0.1) is 11.7 Å². The van der Waals surface area contributed by atoms with E-state index in [4.69, 9.17) is 0 Å². The van der Waals surface area contributed by atoms with Crippen LogP contribution in [-0.2, 0) is 21.9 Å². The maximum Gasteiger partial charge on any atom is 0.243 e. The molecule has 1 amide bonds. The summed E-state index contributed by atoms with van der Waals surface area (Å²) in [4.78, 5) is 17.6. The number of amides is 1. The highest BCUT2D eigenvalue weighted by Gasteiger charge is 2.34. The smallest absolute Gasteiger partial charge is 0.243 e. The number of carbonyl (C=O) groups excluding carboxylic acids is 1. The number of hydrogen-bond donors (Lipinski definition) is 1. The quantitative estimate of drug-likeness (QED) is 0.618. The van der Waals surface area contributed by atoms with Crippen LogP contribution >= 0.6 is 0 Å². The summed E-state index contributed by atoms with van der Waals surface area (Å²) in [7, 11) is -1.94. The van der Waals surface area contributed by atoms with Crippen molar-refractivity contribution in [3.05, 3.63) is 84.2 Å². The van der Waals surface area contributed by atoms with E-state index in [9.17, 15) is 17.6 Å². The third-order valence-corrected chi connectivity index (χ3v) is 7.62. The number of sulfonamides is 1. The number of nitrogens with one attached hydrogen (secondary N) is 1. The lowest BCUT2D eigenvalue weighted by Gasteiger charge is -2.32.